The van der Waals surface area contributed by atoms with Gasteiger partial charge in [-0.05, 0) is 31.5 Å². The van der Waals surface area contributed by atoms with E-state index in [0.717, 1.165) is 0 Å². The molecule has 1 rings (SSSR count). The highest BCUT2D eigenvalue weighted by atomic mass is 35.5. The molecule has 0 aliphatic heterocycles. The summed E-state index contributed by atoms with van der Waals surface area (Å²) in [6.07, 6.45) is 0. The van der Waals surface area contributed by atoms with Crippen LogP contribution in [0.15, 0.2) is 12.1 Å². The fourth-order valence-corrected chi connectivity index (χ4v) is 1.95. The largest absolute Gasteiger partial charge is 0.493 e. The standard InChI is InChI=1S/C14H20ClNO4/c1-8(2)16-14(17)12(15)9-6-10(18-3)13(20-5)11(7-9)19-4/h6-8,12H,1-5H3,(H,16,17). The molecule has 0 aliphatic rings. The molecule has 0 saturated carbocycles. The fourth-order valence-electron chi connectivity index (χ4n) is 1.76. The van der Waals surface area contributed by atoms with Gasteiger partial charge < -0.3 is 19.5 Å². The normalized spacial score (nSPS) is 11.9. The van der Waals surface area contributed by atoms with Crippen molar-refractivity contribution in [3.63, 3.8) is 0 Å². The summed E-state index contributed by atoms with van der Waals surface area (Å²) in [6.45, 7) is 3.74. The molecule has 6 heteroatoms. The molecule has 0 aliphatic carbocycles. The van der Waals surface area contributed by atoms with Gasteiger partial charge in [0.2, 0.25) is 11.7 Å². The number of benzene rings is 1. The Hall–Kier alpha value is -1.62. The van der Waals surface area contributed by atoms with Crippen LogP contribution < -0.4 is 19.5 Å². The molecule has 1 atom stereocenters. The van der Waals surface area contributed by atoms with Gasteiger partial charge >= 0.3 is 0 Å². The van der Waals surface area contributed by atoms with Crippen LogP contribution in [0.2, 0.25) is 0 Å². The Labute approximate surface area is 124 Å². The summed E-state index contributed by atoms with van der Waals surface area (Å²) in [5.41, 5.74) is 0.583. The number of nitrogens with one attached hydrogen (secondary N) is 1. The summed E-state index contributed by atoms with van der Waals surface area (Å²) < 4.78 is 15.7. The number of carbonyl (C=O) groups excluding carboxylic acids is 1. The second-order valence-corrected chi connectivity index (χ2v) is 4.92. The van der Waals surface area contributed by atoms with Crippen LogP contribution in [0.5, 0.6) is 17.2 Å². The van der Waals surface area contributed by atoms with E-state index in [9.17, 15) is 4.79 Å². The van der Waals surface area contributed by atoms with Gasteiger partial charge in [0.1, 0.15) is 5.38 Å². The second kappa shape index (κ2) is 7.24. The van der Waals surface area contributed by atoms with Crippen LogP contribution in [0.3, 0.4) is 0 Å². The topological polar surface area (TPSA) is 56.8 Å². The first kappa shape index (κ1) is 16.4. The molecule has 5 nitrogen and oxygen atoms in total. The highest BCUT2D eigenvalue weighted by molar-refractivity contribution is 6.30. The number of carbonyl (C=O) groups is 1. The molecule has 0 fully saturated rings. The Balaban J connectivity index is 3.15. The van der Waals surface area contributed by atoms with Gasteiger partial charge in [0.05, 0.1) is 21.3 Å². The van der Waals surface area contributed by atoms with Crippen molar-refractivity contribution in [1.29, 1.82) is 0 Å². The Bertz CT molecular complexity index is 451. The maximum Gasteiger partial charge on any atom is 0.242 e. The lowest BCUT2D eigenvalue weighted by Gasteiger charge is -2.17. The average molecular weight is 302 g/mol. The van der Waals surface area contributed by atoms with Crippen LogP contribution in [0, 0.1) is 0 Å². The number of alkyl halides is 1. The molecule has 0 aromatic heterocycles. The maximum absolute atomic E-state index is 12.0. The molecule has 0 bridgehead atoms. The van der Waals surface area contributed by atoms with Crippen molar-refractivity contribution in [2.24, 2.45) is 0 Å². The van der Waals surface area contributed by atoms with Gasteiger partial charge in [-0.3, -0.25) is 4.79 Å². The van der Waals surface area contributed by atoms with Crippen molar-refractivity contribution in [3.8, 4) is 17.2 Å². The van der Waals surface area contributed by atoms with Crippen LogP contribution >= 0.6 is 11.6 Å². The minimum absolute atomic E-state index is 0.0192. The van der Waals surface area contributed by atoms with Gasteiger partial charge in [0.25, 0.3) is 0 Å². The Morgan fingerprint density at radius 3 is 1.95 bits per heavy atom. The first-order chi connectivity index (χ1) is 9.44. The summed E-state index contributed by atoms with van der Waals surface area (Å²) in [6, 6.07) is 3.35. The average Bonchev–Trinajstić information content (AvgIpc) is 2.43. The molecule has 1 N–H and O–H groups in total. The summed E-state index contributed by atoms with van der Waals surface area (Å²) in [7, 11) is 4.54. The molecule has 1 amide bonds. The zero-order valence-corrected chi connectivity index (χ0v) is 13.1. The predicted octanol–water partition coefficient (Wildman–Crippen LogP) is 2.52. The van der Waals surface area contributed by atoms with Crippen molar-refractivity contribution in [2.45, 2.75) is 25.3 Å². The van der Waals surface area contributed by atoms with Gasteiger partial charge in [0.15, 0.2) is 11.5 Å². The summed E-state index contributed by atoms with van der Waals surface area (Å²) >= 11 is 6.19. The van der Waals surface area contributed by atoms with E-state index in [0.29, 0.717) is 22.8 Å². The van der Waals surface area contributed by atoms with Crippen molar-refractivity contribution >= 4 is 17.5 Å². The first-order valence-corrected chi connectivity index (χ1v) is 6.62. The molecule has 20 heavy (non-hydrogen) atoms. The minimum atomic E-state index is -0.828. The number of hydrogen-bond acceptors (Lipinski definition) is 4. The SMILES string of the molecule is COc1cc(C(Cl)C(=O)NC(C)C)cc(OC)c1OC. The molecule has 1 unspecified atom stereocenters. The van der Waals surface area contributed by atoms with Crippen LogP contribution in [-0.2, 0) is 4.79 Å². The highest BCUT2D eigenvalue weighted by Gasteiger charge is 2.22. The zero-order chi connectivity index (χ0) is 15.3. The third-order valence-corrected chi connectivity index (χ3v) is 3.09. The molecular formula is C14H20ClNO4. The number of halogens is 1. The third-order valence-electron chi connectivity index (χ3n) is 2.64. The molecule has 112 valence electrons. The van der Waals surface area contributed by atoms with E-state index in [2.05, 4.69) is 5.32 Å². The quantitative estimate of drug-likeness (QED) is 0.820. The predicted molar refractivity (Wildman–Crippen MR) is 78.0 cm³/mol. The first-order valence-electron chi connectivity index (χ1n) is 6.18. The number of methoxy groups -OCH3 is 3. The van der Waals surface area contributed by atoms with Crippen LogP contribution in [0.4, 0.5) is 0 Å². The lowest BCUT2D eigenvalue weighted by molar-refractivity contribution is -0.121. The van der Waals surface area contributed by atoms with E-state index in [1.54, 1.807) is 12.1 Å². The smallest absolute Gasteiger partial charge is 0.242 e. The number of rotatable bonds is 6. The molecule has 0 heterocycles. The van der Waals surface area contributed by atoms with Gasteiger partial charge in [-0.2, -0.15) is 0 Å². The highest BCUT2D eigenvalue weighted by Crippen LogP contribution is 2.40. The Morgan fingerprint density at radius 1 is 1.10 bits per heavy atom. The van der Waals surface area contributed by atoms with Gasteiger partial charge in [-0.1, -0.05) is 0 Å². The second-order valence-electron chi connectivity index (χ2n) is 4.48. The molecule has 1 aromatic rings. The fraction of sp³-hybridized carbons (Fsp3) is 0.500. The van der Waals surface area contributed by atoms with E-state index >= 15 is 0 Å². The lowest BCUT2D eigenvalue weighted by atomic mass is 10.1. The maximum atomic E-state index is 12.0. The molecule has 0 saturated heterocycles. The van der Waals surface area contributed by atoms with E-state index in [4.69, 9.17) is 25.8 Å². The Morgan fingerprint density at radius 2 is 1.60 bits per heavy atom. The van der Waals surface area contributed by atoms with Crippen molar-refractivity contribution in [3.05, 3.63) is 17.7 Å². The Kier molecular flexibility index (Phi) is 5.95. The van der Waals surface area contributed by atoms with Gasteiger partial charge in [-0.25, -0.2) is 0 Å². The summed E-state index contributed by atoms with van der Waals surface area (Å²) in [5, 5.41) is 1.93. The van der Waals surface area contributed by atoms with E-state index in [-0.39, 0.29) is 11.9 Å². The summed E-state index contributed by atoms with van der Waals surface area (Å²) in [4.78, 5) is 12.0. The van der Waals surface area contributed by atoms with E-state index in [1.807, 2.05) is 13.8 Å². The molecule has 0 spiro atoms. The van der Waals surface area contributed by atoms with Crippen molar-refractivity contribution < 1.29 is 19.0 Å². The minimum Gasteiger partial charge on any atom is -0.493 e. The van der Waals surface area contributed by atoms with Crippen LogP contribution in [0.1, 0.15) is 24.8 Å². The molecular weight excluding hydrogens is 282 g/mol. The lowest BCUT2D eigenvalue weighted by Crippen LogP contribution is -2.32. The molecule has 0 radical (unpaired) electrons. The summed E-state index contributed by atoms with van der Waals surface area (Å²) in [5.74, 6) is 1.12. The molecule has 1 aromatic carbocycles. The van der Waals surface area contributed by atoms with Crippen LogP contribution in [-0.4, -0.2) is 33.3 Å². The number of amides is 1. The van der Waals surface area contributed by atoms with E-state index < -0.39 is 5.38 Å². The van der Waals surface area contributed by atoms with Gasteiger partial charge in [-0.15, -0.1) is 11.6 Å². The van der Waals surface area contributed by atoms with E-state index in [1.165, 1.54) is 21.3 Å². The third kappa shape index (κ3) is 3.70. The number of hydrogen-bond donors (Lipinski definition) is 1. The van der Waals surface area contributed by atoms with Crippen molar-refractivity contribution in [2.75, 3.05) is 21.3 Å². The number of ether oxygens (including phenoxy) is 3. The van der Waals surface area contributed by atoms with Gasteiger partial charge in [0, 0.05) is 6.04 Å². The van der Waals surface area contributed by atoms with Crippen molar-refractivity contribution in [1.82, 2.24) is 5.32 Å². The zero-order valence-electron chi connectivity index (χ0n) is 12.3. The monoisotopic (exact) mass is 301 g/mol. The van der Waals surface area contributed by atoms with Crippen LogP contribution in [0.25, 0.3) is 0 Å².